The van der Waals surface area contributed by atoms with E-state index in [-0.39, 0.29) is 18.2 Å². The van der Waals surface area contributed by atoms with Gasteiger partial charge in [0.05, 0.1) is 11.6 Å². The summed E-state index contributed by atoms with van der Waals surface area (Å²) in [7, 11) is 0. The number of aliphatic carboxylic acids is 1. The van der Waals surface area contributed by atoms with E-state index in [0.717, 1.165) is 11.6 Å². The van der Waals surface area contributed by atoms with Crippen molar-refractivity contribution in [1.82, 2.24) is 9.88 Å². The van der Waals surface area contributed by atoms with Gasteiger partial charge in [0.15, 0.2) is 0 Å². The first-order valence-corrected chi connectivity index (χ1v) is 8.01. The number of hydrogen-bond acceptors (Lipinski definition) is 4. The lowest BCUT2D eigenvalue weighted by molar-refractivity contribution is -0.147. The molecule has 0 aliphatic carbocycles. The highest BCUT2D eigenvalue weighted by molar-refractivity contribution is 5.71. The molecule has 5 nitrogen and oxygen atoms in total. The van der Waals surface area contributed by atoms with Gasteiger partial charge in [-0.1, -0.05) is 18.2 Å². The molecule has 8 heteroatoms. The number of hydrogen-bond donors (Lipinski definition) is 1. The number of carbonyl (C=O) groups is 1. The van der Waals surface area contributed by atoms with Gasteiger partial charge in [0, 0.05) is 19.6 Å². The number of rotatable bonds is 6. The van der Waals surface area contributed by atoms with Crippen molar-refractivity contribution in [3.8, 4) is 5.75 Å². The number of likely N-dealkylation sites (tertiary alicyclic amines) is 1. The minimum absolute atomic E-state index is 0.0598. The monoisotopic (exact) mass is 366 g/mol. The zero-order valence-corrected chi connectivity index (χ0v) is 13.7. The fraction of sp³-hybridized carbons (Fsp3) is 0.333. The van der Waals surface area contributed by atoms with Crippen molar-refractivity contribution >= 4 is 5.97 Å². The zero-order valence-electron chi connectivity index (χ0n) is 13.7. The maximum Gasteiger partial charge on any atom is 0.433 e. The van der Waals surface area contributed by atoms with Crippen molar-refractivity contribution in [2.45, 2.75) is 19.3 Å². The van der Waals surface area contributed by atoms with Crippen molar-refractivity contribution < 1.29 is 27.8 Å². The molecule has 0 atom stereocenters. The second-order valence-electron chi connectivity index (χ2n) is 6.17. The predicted octanol–water partition coefficient (Wildman–Crippen LogP) is 3.20. The highest BCUT2D eigenvalue weighted by Gasteiger charge is 2.33. The number of pyridine rings is 1. The maximum absolute atomic E-state index is 12.6. The molecule has 1 aromatic carbocycles. The van der Waals surface area contributed by atoms with Crippen LogP contribution in [-0.2, 0) is 24.1 Å². The lowest BCUT2D eigenvalue weighted by Gasteiger charge is -2.36. The highest BCUT2D eigenvalue weighted by Crippen LogP contribution is 2.27. The van der Waals surface area contributed by atoms with Crippen LogP contribution in [0, 0.1) is 5.92 Å². The zero-order chi connectivity index (χ0) is 18.7. The molecule has 138 valence electrons. The number of benzene rings is 1. The number of aromatic nitrogens is 1. The second-order valence-corrected chi connectivity index (χ2v) is 6.17. The van der Waals surface area contributed by atoms with Gasteiger partial charge in [-0.3, -0.25) is 9.69 Å². The average molecular weight is 366 g/mol. The Labute approximate surface area is 148 Å². The van der Waals surface area contributed by atoms with Crippen LogP contribution in [0.1, 0.15) is 17.0 Å². The summed E-state index contributed by atoms with van der Waals surface area (Å²) in [4.78, 5) is 16.4. The number of halogens is 3. The van der Waals surface area contributed by atoms with E-state index in [1.807, 2.05) is 17.0 Å². The van der Waals surface area contributed by atoms with E-state index in [1.54, 1.807) is 12.1 Å². The molecule has 2 aromatic rings. The van der Waals surface area contributed by atoms with Gasteiger partial charge in [-0.25, -0.2) is 4.98 Å². The van der Waals surface area contributed by atoms with E-state index in [1.165, 1.54) is 12.1 Å². The van der Waals surface area contributed by atoms with Crippen molar-refractivity contribution in [3.05, 3.63) is 59.4 Å². The van der Waals surface area contributed by atoms with Gasteiger partial charge in [0.25, 0.3) is 0 Å². The summed E-state index contributed by atoms with van der Waals surface area (Å²) in [5, 5.41) is 8.86. The predicted molar refractivity (Wildman–Crippen MR) is 86.4 cm³/mol. The van der Waals surface area contributed by atoms with Gasteiger partial charge in [-0.2, -0.15) is 13.2 Å². The van der Waals surface area contributed by atoms with Crippen LogP contribution < -0.4 is 4.74 Å². The van der Waals surface area contributed by atoms with Crippen molar-refractivity contribution in [1.29, 1.82) is 0 Å². The Kier molecular flexibility index (Phi) is 5.13. The minimum atomic E-state index is -4.48. The molecular formula is C18H17F3N2O3. The van der Waals surface area contributed by atoms with Crippen LogP contribution in [0.2, 0.25) is 0 Å². The Morgan fingerprint density at radius 1 is 1.19 bits per heavy atom. The molecule has 1 fully saturated rings. The molecule has 2 heterocycles. The SMILES string of the molecule is O=C(O)C1CN(Cc2ccc(OCc3cccc(C(F)(F)F)n3)cc2)C1. The molecule has 0 spiro atoms. The molecule has 26 heavy (non-hydrogen) atoms. The maximum atomic E-state index is 12.6. The molecule has 1 aliphatic rings. The first-order chi connectivity index (χ1) is 12.3. The number of nitrogens with zero attached hydrogens (tertiary/aromatic N) is 2. The van der Waals surface area contributed by atoms with E-state index in [9.17, 15) is 18.0 Å². The van der Waals surface area contributed by atoms with E-state index in [0.29, 0.717) is 25.4 Å². The Hall–Kier alpha value is -2.61. The van der Waals surface area contributed by atoms with E-state index >= 15 is 0 Å². The molecule has 1 aromatic heterocycles. The van der Waals surface area contributed by atoms with Crippen LogP contribution in [0.25, 0.3) is 0 Å². The summed E-state index contributed by atoms with van der Waals surface area (Å²) >= 11 is 0. The highest BCUT2D eigenvalue weighted by atomic mass is 19.4. The van der Waals surface area contributed by atoms with Crippen LogP contribution in [0.4, 0.5) is 13.2 Å². The fourth-order valence-corrected chi connectivity index (χ4v) is 2.68. The van der Waals surface area contributed by atoms with Gasteiger partial charge in [0.1, 0.15) is 18.1 Å². The second kappa shape index (κ2) is 7.33. The third kappa shape index (κ3) is 4.51. The van der Waals surface area contributed by atoms with Crippen LogP contribution in [0.5, 0.6) is 5.75 Å². The van der Waals surface area contributed by atoms with E-state index in [4.69, 9.17) is 9.84 Å². The average Bonchev–Trinajstić information content (AvgIpc) is 2.56. The van der Waals surface area contributed by atoms with Gasteiger partial charge >= 0.3 is 12.1 Å². The topological polar surface area (TPSA) is 62.7 Å². The lowest BCUT2D eigenvalue weighted by atomic mass is 10.00. The largest absolute Gasteiger partial charge is 0.487 e. The standard InChI is InChI=1S/C18H17F3N2O3/c19-18(20,21)16-3-1-2-14(22-16)11-26-15-6-4-12(5-7-15)8-23-9-13(10-23)17(24)25/h1-7,13H,8-11H2,(H,24,25). The van der Waals surface area contributed by atoms with Gasteiger partial charge in [0.2, 0.25) is 0 Å². The third-order valence-corrected chi connectivity index (χ3v) is 4.12. The molecule has 0 saturated carbocycles. The summed E-state index contributed by atoms with van der Waals surface area (Å²) in [5.41, 5.74) is 0.269. The molecule has 3 rings (SSSR count). The molecular weight excluding hydrogens is 349 g/mol. The van der Waals surface area contributed by atoms with Crippen molar-refractivity contribution in [2.24, 2.45) is 5.92 Å². The third-order valence-electron chi connectivity index (χ3n) is 4.12. The number of alkyl halides is 3. The number of carboxylic acid groups (broad SMARTS) is 1. The Morgan fingerprint density at radius 3 is 2.50 bits per heavy atom. The first kappa shape index (κ1) is 18.2. The van der Waals surface area contributed by atoms with Gasteiger partial charge in [-0.05, 0) is 29.8 Å². The molecule has 0 unspecified atom stereocenters. The quantitative estimate of drug-likeness (QED) is 0.851. The molecule has 0 amide bonds. The smallest absolute Gasteiger partial charge is 0.433 e. The number of ether oxygens (including phenoxy) is 1. The molecule has 0 radical (unpaired) electrons. The first-order valence-electron chi connectivity index (χ1n) is 8.01. The summed E-state index contributed by atoms with van der Waals surface area (Å²) in [6.45, 7) is 1.67. The fourth-order valence-electron chi connectivity index (χ4n) is 2.68. The molecule has 0 bridgehead atoms. The van der Waals surface area contributed by atoms with Gasteiger partial charge < -0.3 is 9.84 Å². The number of carboxylic acids is 1. The summed E-state index contributed by atoms with van der Waals surface area (Å²) < 4.78 is 43.4. The Balaban J connectivity index is 1.51. The summed E-state index contributed by atoms with van der Waals surface area (Å²) in [6.07, 6.45) is -4.48. The van der Waals surface area contributed by atoms with Crippen LogP contribution in [-0.4, -0.2) is 34.0 Å². The lowest BCUT2D eigenvalue weighted by Crippen LogP contribution is -2.49. The Bertz CT molecular complexity index is 772. The summed E-state index contributed by atoms with van der Waals surface area (Å²) in [5.74, 6) is -0.536. The Morgan fingerprint density at radius 2 is 1.88 bits per heavy atom. The van der Waals surface area contributed by atoms with E-state index in [2.05, 4.69) is 4.98 Å². The molecule has 1 saturated heterocycles. The van der Waals surface area contributed by atoms with E-state index < -0.39 is 17.8 Å². The minimum Gasteiger partial charge on any atom is -0.487 e. The van der Waals surface area contributed by atoms with Crippen LogP contribution in [0.15, 0.2) is 42.5 Å². The van der Waals surface area contributed by atoms with Crippen molar-refractivity contribution in [3.63, 3.8) is 0 Å². The summed E-state index contributed by atoms with van der Waals surface area (Å²) in [6, 6.07) is 10.9. The molecule has 1 aliphatic heterocycles. The molecule has 1 N–H and O–H groups in total. The normalized spacial score (nSPS) is 15.5. The van der Waals surface area contributed by atoms with Crippen LogP contribution >= 0.6 is 0 Å². The van der Waals surface area contributed by atoms with Crippen LogP contribution in [0.3, 0.4) is 0 Å². The van der Waals surface area contributed by atoms with Gasteiger partial charge in [-0.15, -0.1) is 0 Å². The van der Waals surface area contributed by atoms with Crippen molar-refractivity contribution in [2.75, 3.05) is 13.1 Å².